The molecule has 0 aliphatic heterocycles. The number of methoxy groups -OCH3 is 1. The number of ether oxygens (including phenoxy) is 1. The third-order valence-corrected chi connectivity index (χ3v) is 2.36. The first-order valence-corrected chi connectivity index (χ1v) is 5.16. The Kier molecular flexibility index (Phi) is 3.41. The average Bonchev–Trinajstić information content (AvgIpc) is 2.34. The molecular weight excluding hydrogens is 243 g/mol. The largest absolute Gasteiger partial charge is 0.494 e. The van der Waals surface area contributed by atoms with Crippen LogP contribution in [0, 0.1) is 17.5 Å². The van der Waals surface area contributed by atoms with Gasteiger partial charge in [-0.3, -0.25) is 0 Å². The quantitative estimate of drug-likeness (QED) is 0.896. The van der Waals surface area contributed by atoms with Gasteiger partial charge in [0, 0.05) is 23.5 Å². The van der Waals surface area contributed by atoms with Crippen LogP contribution in [-0.4, -0.2) is 7.11 Å². The molecule has 94 valence electrons. The predicted molar refractivity (Wildman–Crippen MR) is 62.6 cm³/mol. The molecule has 0 heterocycles. The van der Waals surface area contributed by atoms with E-state index in [2.05, 4.69) is 5.32 Å². The second kappa shape index (κ2) is 5.00. The van der Waals surface area contributed by atoms with Gasteiger partial charge in [0.1, 0.15) is 0 Å². The highest BCUT2D eigenvalue weighted by Crippen LogP contribution is 2.24. The van der Waals surface area contributed by atoms with Gasteiger partial charge in [-0.1, -0.05) is 0 Å². The van der Waals surface area contributed by atoms with Gasteiger partial charge in [-0.25, -0.2) is 13.2 Å². The fourth-order valence-electron chi connectivity index (χ4n) is 1.48. The summed E-state index contributed by atoms with van der Waals surface area (Å²) in [5, 5.41) is 2.76. The lowest BCUT2D eigenvalue weighted by Crippen LogP contribution is -1.94. The Morgan fingerprint density at radius 1 is 0.833 bits per heavy atom. The summed E-state index contributed by atoms with van der Waals surface area (Å²) in [5.74, 6) is -2.31. The van der Waals surface area contributed by atoms with Crippen molar-refractivity contribution >= 4 is 11.4 Å². The van der Waals surface area contributed by atoms with Crippen molar-refractivity contribution in [2.75, 3.05) is 12.4 Å². The van der Waals surface area contributed by atoms with E-state index in [1.165, 1.54) is 25.3 Å². The van der Waals surface area contributed by atoms with Crippen molar-refractivity contribution < 1.29 is 17.9 Å². The van der Waals surface area contributed by atoms with Gasteiger partial charge in [-0.15, -0.1) is 0 Å². The van der Waals surface area contributed by atoms with Crippen LogP contribution in [0.4, 0.5) is 24.5 Å². The molecule has 0 unspecified atom stereocenters. The lowest BCUT2D eigenvalue weighted by molar-refractivity contribution is 0.386. The molecule has 0 atom stereocenters. The second-order valence-corrected chi connectivity index (χ2v) is 3.60. The van der Waals surface area contributed by atoms with Crippen LogP contribution in [0.2, 0.25) is 0 Å². The zero-order chi connectivity index (χ0) is 13.1. The molecule has 0 radical (unpaired) electrons. The van der Waals surface area contributed by atoms with Crippen LogP contribution in [0.15, 0.2) is 36.4 Å². The van der Waals surface area contributed by atoms with Crippen molar-refractivity contribution in [3.05, 3.63) is 53.8 Å². The Hall–Kier alpha value is -2.17. The Morgan fingerprint density at radius 2 is 1.44 bits per heavy atom. The summed E-state index contributed by atoms with van der Waals surface area (Å²) in [4.78, 5) is 0. The molecule has 0 aromatic heterocycles. The molecule has 0 aliphatic rings. The molecule has 1 N–H and O–H groups in total. The van der Waals surface area contributed by atoms with Crippen molar-refractivity contribution in [2.45, 2.75) is 0 Å². The maximum absolute atomic E-state index is 13.4. The summed E-state index contributed by atoms with van der Waals surface area (Å²) < 4.78 is 43.9. The number of nitrogens with one attached hydrogen (secondary N) is 1. The average molecular weight is 253 g/mol. The van der Waals surface area contributed by atoms with Crippen LogP contribution >= 0.6 is 0 Å². The van der Waals surface area contributed by atoms with Gasteiger partial charge in [-0.2, -0.15) is 0 Å². The van der Waals surface area contributed by atoms with Crippen LogP contribution in [0.25, 0.3) is 0 Å². The topological polar surface area (TPSA) is 21.3 Å². The minimum atomic E-state index is -0.964. The first-order valence-electron chi connectivity index (χ1n) is 5.16. The van der Waals surface area contributed by atoms with Crippen molar-refractivity contribution in [3.8, 4) is 5.75 Å². The molecule has 2 rings (SSSR count). The van der Waals surface area contributed by atoms with Crippen LogP contribution in [0.5, 0.6) is 5.75 Å². The fourth-order valence-corrected chi connectivity index (χ4v) is 1.48. The molecule has 0 saturated heterocycles. The number of rotatable bonds is 3. The highest BCUT2D eigenvalue weighted by Gasteiger charge is 2.05. The molecule has 0 fully saturated rings. The van der Waals surface area contributed by atoms with E-state index < -0.39 is 17.5 Å². The standard InChI is InChI=1S/C13H10F3NO/c1-18-13-5-3-9(7-12(13)16)17-8-2-4-10(14)11(15)6-8/h2-7,17H,1H3. The lowest BCUT2D eigenvalue weighted by atomic mass is 10.2. The normalized spacial score (nSPS) is 10.2. The number of hydrogen-bond donors (Lipinski definition) is 1. The van der Waals surface area contributed by atoms with E-state index in [1.807, 2.05) is 0 Å². The zero-order valence-electron chi connectivity index (χ0n) is 9.51. The van der Waals surface area contributed by atoms with Gasteiger partial charge < -0.3 is 10.1 Å². The minimum Gasteiger partial charge on any atom is -0.494 e. The minimum absolute atomic E-state index is 0.117. The van der Waals surface area contributed by atoms with Gasteiger partial charge in [0.05, 0.1) is 7.11 Å². The highest BCUT2D eigenvalue weighted by atomic mass is 19.2. The molecular formula is C13H10F3NO. The number of benzene rings is 2. The molecule has 0 spiro atoms. The first kappa shape index (κ1) is 12.3. The van der Waals surface area contributed by atoms with E-state index in [9.17, 15) is 13.2 Å². The third-order valence-electron chi connectivity index (χ3n) is 2.36. The van der Waals surface area contributed by atoms with Gasteiger partial charge in [0.25, 0.3) is 0 Å². The number of hydrogen-bond acceptors (Lipinski definition) is 2. The van der Waals surface area contributed by atoms with E-state index >= 15 is 0 Å². The van der Waals surface area contributed by atoms with E-state index in [0.29, 0.717) is 11.4 Å². The summed E-state index contributed by atoms with van der Waals surface area (Å²) in [6.07, 6.45) is 0. The van der Waals surface area contributed by atoms with Crippen LogP contribution < -0.4 is 10.1 Å². The first-order chi connectivity index (χ1) is 8.60. The van der Waals surface area contributed by atoms with E-state index in [4.69, 9.17) is 4.74 Å². The van der Waals surface area contributed by atoms with Crippen LogP contribution in [-0.2, 0) is 0 Å². The molecule has 0 amide bonds. The van der Waals surface area contributed by atoms with Gasteiger partial charge >= 0.3 is 0 Å². The lowest BCUT2D eigenvalue weighted by Gasteiger charge is -2.08. The Balaban J connectivity index is 2.23. The SMILES string of the molecule is COc1ccc(Nc2ccc(F)c(F)c2)cc1F. The molecule has 18 heavy (non-hydrogen) atoms. The van der Waals surface area contributed by atoms with E-state index in [1.54, 1.807) is 6.07 Å². The fraction of sp³-hybridized carbons (Fsp3) is 0.0769. The van der Waals surface area contributed by atoms with Crippen molar-refractivity contribution in [1.29, 1.82) is 0 Å². The molecule has 0 bridgehead atoms. The maximum Gasteiger partial charge on any atom is 0.167 e. The summed E-state index contributed by atoms with van der Waals surface area (Å²) >= 11 is 0. The molecule has 0 saturated carbocycles. The summed E-state index contributed by atoms with van der Waals surface area (Å²) in [5.41, 5.74) is 0.748. The van der Waals surface area contributed by atoms with Crippen LogP contribution in [0.1, 0.15) is 0 Å². The molecule has 2 aromatic carbocycles. The maximum atomic E-state index is 13.4. The van der Waals surface area contributed by atoms with Gasteiger partial charge in [0.15, 0.2) is 23.2 Å². The van der Waals surface area contributed by atoms with Crippen molar-refractivity contribution in [2.24, 2.45) is 0 Å². The smallest absolute Gasteiger partial charge is 0.167 e. The van der Waals surface area contributed by atoms with Crippen LogP contribution in [0.3, 0.4) is 0 Å². The number of anilines is 2. The van der Waals surface area contributed by atoms with Gasteiger partial charge in [-0.05, 0) is 24.3 Å². The van der Waals surface area contributed by atoms with Crippen molar-refractivity contribution in [3.63, 3.8) is 0 Å². The Bertz CT molecular complexity index is 572. The van der Waals surface area contributed by atoms with Crippen molar-refractivity contribution in [1.82, 2.24) is 0 Å². The monoisotopic (exact) mass is 253 g/mol. The third kappa shape index (κ3) is 2.56. The molecule has 0 aliphatic carbocycles. The summed E-state index contributed by atoms with van der Waals surface area (Å²) in [6, 6.07) is 7.58. The Labute approximate surface area is 102 Å². The molecule has 2 nitrogen and oxygen atoms in total. The predicted octanol–water partition coefficient (Wildman–Crippen LogP) is 3.86. The van der Waals surface area contributed by atoms with E-state index in [-0.39, 0.29) is 5.75 Å². The summed E-state index contributed by atoms with van der Waals surface area (Å²) in [7, 11) is 1.36. The Morgan fingerprint density at radius 3 is 2.00 bits per heavy atom. The van der Waals surface area contributed by atoms with E-state index in [0.717, 1.165) is 12.1 Å². The number of halogens is 3. The second-order valence-electron chi connectivity index (χ2n) is 3.60. The zero-order valence-corrected chi connectivity index (χ0v) is 9.51. The molecule has 2 aromatic rings. The summed E-state index contributed by atoms with van der Waals surface area (Å²) in [6.45, 7) is 0. The molecule has 5 heteroatoms. The highest BCUT2D eigenvalue weighted by molar-refractivity contribution is 5.60. The van der Waals surface area contributed by atoms with Gasteiger partial charge in [0.2, 0.25) is 0 Å².